The molecule has 0 spiro atoms. The quantitative estimate of drug-likeness (QED) is 0.574. The molecule has 1 aliphatic heterocycles. The van der Waals surface area contributed by atoms with E-state index in [-0.39, 0.29) is 17.0 Å². The number of aromatic hydroxyl groups is 1. The third kappa shape index (κ3) is 5.73. The lowest BCUT2D eigenvalue weighted by molar-refractivity contribution is 0.228. The van der Waals surface area contributed by atoms with Crippen LogP contribution in [0, 0.1) is 0 Å². The summed E-state index contributed by atoms with van der Waals surface area (Å²) in [6.07, 6.45) is 5.19. The first kappa shape index (κ1) is 20.2. The Balaban J connectivity index is 1.53. The molecular weight excluding hydrogens is 356 g/mol. The minimum atomic E-state index is -0.320. The minimum absolute atomic E-state index is 0.226. The topological polar surface area (TPSA) is 90.5 Å². The van der Waals surface area contributed by atoms with E-state index in [1.165, 1.54) is 32.4 Å². The highest BCUT2D eigenvalue weighted by Crippen LogP contribution is 2.18. The normalized spacial score (nSPS) is 14.8. The number of anilines is 1. The zero-order valence-electron chi connectivity index (χ0n) is 16.5. The Morgan fingerprint density at radius 2 is 1.96 bits per heavy atom. The van der Waals surface area contributed by atoms with Crippen LogP contribution < -0.4 is 15.6 Å². The van der Waals surface area contributed by atoms with Crippen molar-refractivity contribution in [3.8, 4) is 11.6 Å². The lowest BCUT2D eigenvalue weighted by Crippen LogP contribution is -2.31. The van der Waals surface area contributed by atoms with Crippen LogP contribution in [0.15, 0.2) is 29.1 Å². The summed E-state index contributed by atoms with van der Waals surface area (Å²) >= 11 is 0. The highest BCUT2D eigenvalue weighted by atomic mass is 16.5. The average Bonchev–Trinajstić information content (AvgIpc) is 2.70. The molecule has 0 atom stereocenters. The molecule has 0 aliphatic carbocycles. The van der Waals surface area contributed by atoms with Crippen LogP contribution >= 0.6 is 0 Å². The van der Waals surface area contributed by atoms with Gasteiger partial charge in [0, 0.05) is 13.0 Å². The first-order chi connectivity index (χ1) is 13.7. The van der Waals surface area contributed by atoms with E-state index >= 15 is 0 Å². The maximum atomic E-state index is 12.4. The van der Waals surface area contributed by atoms with E-state index in [2.05, 4.69) is 20.2 Å². The monoisotopic (exact) mass is 386 g/mol. The number of likely N-dealkylation sites (tertiary alicyclic amines) is 1. The predicted molar refractivity (Wildman–Crippen MR) is 110 cm³/mol. The van der Waals surface area contributed by atoms with Crippen molar-refractivity contribution in [2.45, 2.75) is 39.0 Å². The van der Waals surface area contributed by atoms with Crippen molar-refractivity contribution in [2.75, 3.05) is 38.1 Å². The second-order valence-electron chi connectivity index (χ2n) is 7.15. The van der Waals surface area contributed by atoms with Gasteiger partial charge in [0.05, 0.1) is 12.2 Å². The summed E-state index contributed by atoms with van der Waals surface area (Å²) in [6.45, 7) is 6.64. The van der Waals surface area contributed by atoms with E-state index in [4.69, 9.17) is 4.74 Å². The Bertz CT molecular complexity index is 798. The highest BCUT2D eigenvalue weighted by Gasteiger charge is 2.12. The van der Waals surface area contributed by atoms with Gasteiger partial charge in [-0.05, 0) is 63.5 Å². The highest BCUT2D eigenvalue weighted by molar-refractivity contribution is 5.37. The van der Waals surface area contributed by atoms with E-state index in [1.54, 1.807) is 0 Å². The van der Waals surface area contributed by atoms with E-state index in [0.717, 1.165) is 24.3 Å². The third-order valence-corrected chi connectivity index (χ3v) is 5.00. The van der Waals surface area contributed by atoms with Gasteiger partial charge in [-0.2, -0.15) is 4.98 Å². The molecule has 1 aliphatic rings. The van der Waals surface area contributed by atoms with E-state index in [0.29, 0.717) is 25.5 Å². The first-order valence-corrected chi connectivity index (χ1v) is 10.2. The molecule has 0 amide bonds. The van der Waals surface area contributed by atoms with Crippen molar-refractivity contribution in [2.24, 2.45) is 0 Å². The maximum Gasteiger partial charge on any atom is 0.259 e. The van der Waals surface area contributed by atoms with Crippen LogP contribution in [0.4, 0.5) is 5.95 Å². The number of rotatable bonds is 9. The predicted octanol–water partition coefficient (Wildman–Crippen LogP) is 2.75. The number of piperidine rings is 1. The van der Waals surface area contributed by atoms with E-state index in [9.17, 15) is 9.90 Å². The van der Waals surface area contributed by atoms with Gasteiger partial charge in [-0.1, -0.05) is 18.6 Å². The molecule has 0 bridgehead atoms. The SMILES string of the molecule is CCOc1ccc(Cc2c(O)nc(NCCCN3CCCCC3)[nH]c2=O)cc1. The summed E-state index contributed by atoms with van der Waals surface area (Å²) in [5.41, 5.74) is 0.858. The summed E-state index contributed by atoms with van der Waals surface area (Å²) in [5, 5.41) is 13.3. The van der Waals surface area contributed by atoms with Crippen LogP contribution in [0.1, 0.15) is 43.7 Å². The number of hydrogen-bond acceptors (Lipinski definition) is 6. The Morgan fingerprint density at radius 3 is 2.64 bits per heavy atom. The zero-order chi connectivity index (χ0) is 19.8. The van der Waals surface area contributed by atoms with Gasteiger partial charge in [-0.25, -0.2) is 0 Å². The molecule has 152 valence electrons. The molecule has 2 heterocycles. The Kier molecular flexibility index (Phi) is 7.31. The molecule has 1 saturated heterocycles. The van der Waals surface area contributed by atoms with Gasteiger partial charge in [-0.15, -0.1) is 0 Å². The van der Waals surface area contributed by atoms with E-state index in [1.807, 2.05) is 31.2 Å². The molecule has 0 radical (unpaired) electrons. The molecule has 0 unspecified atom stereocenters. The fourth-order valence-electron chi connectivity index (χ4n) is 3.50. The maximum absolute atomic E-state index is 12.4. The second kappa shape index (κ2) is 10.1. The number of aromatic amines is 1. The average molecular weight is 386 g/mol. The largest absolute Gasteiger partial charge is 0.494 e. The number of aromatic nitrogens is 2. The second-order valence-corrected chi connectivity index (χ2v) is 7.15. The van der Waals surface area contributed by atoms with Gasteiger partial charge in [0.25, 0.3) is 5.56 Å². The van der Waals surface area contributed by atoms with Crippen molar-refractivity contribution < 1.29 is 9.84 Å². The van der Waals surface area contributed by atoms with Gasteiger partial charge >= 0.3 is 0 Å². The van der Waals surface area contributed by atoms with Gasteiger partial charge < -0.3 is 20.1 Å². The van der Waals surface area contributed by atoms with Crippen molar-refractivity contribution >= 4 is 5.95 Å². The van der Waals surface area contributed by atoms with Crippen molar-refractivity contribution in [1.82, 2.24) is 14.9 Å². The lowest BCUT2D eigenvalue weighted by atomic mass is 10.1. The molecule has 7 nitrogen and oxygen atoms in total. The van der Waals surface area contributed by atoms with Crippen LogP contribution in [0.3, 0.4) is 0 Å². The zero-order valence-corrected chi connectivity index (χ0v) is 16.5. The first-order valence-electron chi connectivity index (χ1n) is 10.2. The van der Waals surface area contributed by atoms with Gasteiger partial charge in [0.15, 0.2) is 0 Å². The molecule has 1 aromatic heterocycles. The molecule has 1 fully saturated rings. The molecule has 2 aromatic rings. The molecule has 28 heavy (non-hydrogen) atoms. The van der Waals surface area contributed by atoms with Crippen LogP contribution in [0.2, 0.25) is 0 Å². The summed E-state index contributed by atoms with van der Waals surface area (Å²) in [6, 6.07) is 7.48. The van der Waals surface area contributed by atoms with Gasteiger partial charge in [0.1, 0.15) is 5.75 Å². The molecular formula is C21H30N4O3. The van der Waals surface area contributed by atoms with Crippen LogP contribution in [-0.2, 0) is 6.42 Å². The number of benzene rings is 1. The summed E-state index contributed by atoms with van der Waals surface area (Å²) in [4.78, 5) is 21.7. The molecule has 3 N–H and O–H groups in total. The van der Waals surface area contributed by atoms with Gasteiger partial charge in [0.2, 0.25) is 11.8 Å². The number of nitrogens with zero attached hydrogens (tertiary/aromatic N) is 2. The van der Waals surface area contributed by atoms with Crippen molar-refractivity contribution in [3.63, 3.8) is 0 Å². The number of ether oxygens (including phenoxy) is 1. The molecule has 1 aromatic carbocycles. The number of H-pyrrole nitrogens is 1. The van der Waals surface area contributed by atoms with Crippen molar-refractivity contribution in [1.29, 1.82) is 0 Å². The van der Waals surface area contributed by atoms with Crippen LogP contribution in [-0.4, -0.2) is 52.8 Å². The molecule has 7 heteroatoms. The van der Waals surface area contributed by atoms with Crippen LogP contribution in [0.25, 0.3) is 0 Å². The van der Waals surface area contributed by atoms with Gasteiger partial charge in [-0.3, -0.25) is 9.78 Å². The fraction of sp³-hybridized carbons (Fsp3) is 0.524. The minimum Gasteiger partial charge on any atom is -0.494 e. The lowest BCUT2D eigenvalue weighted by Gasteiger charge is -2.26. The van der Waals surface area contributed by atoms with Crippen molar-refractivity contribution in [3.05, 3.63) is 45.7 Å². The molecule has 3 rings (SSSR count). The standard InChI is InChI=1S/C21H30N4O3/c1-2-28-17-9-7-16(8-10-17)15-18-19(26)23-21(24-20(18)27)22-11-6-14-25-12-4-3-5-13-25/h7-10H,2-6,11-15H2,1H3,(H3,22,23,24,26,27). The number of nitrogens with one attached hydrogen (secondary N) is 2. The Morgan fingerprint density at radius 1 is 1.21 bits per heavy atom. The summed E-state index contributed by atoms with van der Waals surface area (Å²) in [5.74, 6) is 0.874. The number of hydrogen-bond donors (Lipinski definition) is 3. The fourth-order valence-corrected chi connectivity index (χ4v) is 3.50. The molecule has 0 saturated carbocycles. The Labute approximate surface area is 165 Å². The smallest absolute Gasteiger partial charge is 0.259 e. The Hall–Kier alpha value is -2.54. The summed E-state index contributed by atoms with van der Waals surface area (Å²) in [7, 11) is 0. The van der Waals surface area contributed by atoms with Crippen LogP contribution in [0.5, 0.6) is 11.6 Å². The third-order valence-electron chi connectivity index (χ3n) is 5.00. The summed E-state index contributed by atoms with van der Waals surface area (Å²) < 4.78 is 5.42. The van der Waals surface area contributed by atoms with E-state index < -0.39 is 0 Å².